The van der Waals surface area contributed by atoms with Crippen molar-refractivity contribution in [3.63, 3.8) is 0 Å². The number of rotatable bonds is 4. The number of hydrogen-bond donors (Lipinski definition) is 2. The fourth-order valence-corrected chi connectivity index (χ4v) is 2.70. The molecule has 3 aromatic rings. The molecule has 0 spiro atoms. The molecule has 1 fully saturated rings. The van der Waals surface area contributed by atoms with Gasteiger partial charge in [0.1, 0.15) is 16.9 Å². The number of anilines is 1. The Kier molecular flexibility index (Phi) is 3.34. The number of carbonyl (C=O) groups is 1. The van der Waals surface area contributed by atoms with Crippen molar-refractivity contribution in [2.24, 2.45) is 0 Å². The van der Waals surface area contributed by atoms with Gasteiger partial charge in [0.2, 0.25) is 5.88 Å². The summed E-state index contributed by atoms with van der Waals surface area (Å²) in [5.74, 6) is 0.344. The molecule has 0 unspecified atom stereocenters. The first-order valence-corrected chi connectivity index (χ1v) is 7.71. The summed E-state index contributed by atoms with van der Waals surface area (Å²) >= 11 is 0. The van der Waals surface area contributed by atoms with Crippen molar-refractivity contribution in [2.75, 3.05) is 12.4 Å². The van der Waals surface area contributed by atoms with Gasteiger partial charge in [-0.3, -0.25) is 9.59 Å². The minimum absolute atomic E-state index is 0.0692. The SMILES string of the molecule is COc1ncccc1NC(=O)c1cn2cc(C3CC3)[nH]c2cc1=O. The Morgan fingerprint density at radius 2 is 2.25 bits per heavy atom. The van der Waals surface area contributed by atoms with E-state index in [0.29, 0.717) is 23.1 Å². The molecule has 1 saturated carbocycles. The smallest absolute Gasteiger partial charge is 0.261 e. The minimum atomic E-state index is -0.491. The molecule has 1 aliphatic rings. The van der Waals surface area contributed by atoms with Crippen molar-refractivity contribution >= 4 is 17.2 Å². The van der Waals surface area contributed by atoms with Gasteiger partial charge in [-0.05, 0) is 25.0 Å². The summed E-state index contributed by atoms with van der Waals surface area (Å²) in [5, 5.41) is 2.68. The maximum Gasteiger partial charge on any atom is 0.261 e. The van der Waals surface area contributed by atoms with E-state index in [4.69, 9.17) is 4.74 Å². The lowest BCUT2D eigenvalue weighted by atomic mass is 10.2. The first-order chi connectivity index (χ1) is 11.7. The molecule has 0 radical (unpaired) electrons. The zero-order chi connectivity index (χ0) is 16.7. The third-order valence-corrected chi connectivity index (χ3v) is 4.10. The second-order valence-electron chi connectivity index (χ2n) is 5.84. The summed E-state index contributed by atoms with van der Waals surface area (Å²) in [6.45, 7) is 0. The molecule has 1 aliphatic carbocycles. The van der Waals surface area contributed by atoms with E-state index in [1.807, 2.05) is 6.20 Å². The summed E-state index contributed by atoms with van der Waals surface area (Å²) in [6.07, 6.45) is 7.37. The number of nitrogens with zero attached hydrogens (tertiary/aromatic N) is 2. The van der Waals surface area contributed by atoms with Crippen molar-refractivity contribution in [1.29, 1.82) is 0 Å². The molecular weight excluding hydrogens is 308 g/mol. The molecule has 0 atom stereocenters. The molecule has 2 N–H and O–H groups in total. The van der Waals surface area contributed by atoms with E-state index in [9.17, 15) is 9.59 Å². The minimum Gasteiger partial charge on any atom is -0.480 e. The molecule has 0 bridgehead atoms. The van der Waals surface area contributed by atoms with Crippen LogP contribution in [-0.2, 0) is 0 Å². The average Bonchev–Trinajstić information content (AvgIpc) is 3.35. The first-order valence-electron chi connectivity index (χ1n) is 7.71. The maximum atomic E-state index is 12.5. The number of fused-ring (bicyclic) bond motifs is 1. The van der Waals surface area contributed by atoms with Crippen LogP contribution in [0.1, 0.15) is 34.8 Å². The molecule has 0 aliphatic heterocycles. The average molecular weight is 324 g/mol. The van der Waals surface area contributed by atoms with Crippen LogP contribution in [0.2, 0.25) is 0 Å². The van der Waals surface area contributed by atoms with Crippen LogP contribution in [0.3, 0.4) is 0 Å². The van der Waals surface area contributed by atoms with Crippen LogP contribution in [-0.4, -0.2) is 27.4 Å². The van der Waals surface area contributed by atoms with E-state index in [1.165, 1.54) is 13.2 Å². The number of amides is 1. The van der Waals surface area contributed by atoms with Gasteiger partial charge in [-0.1, -0.05) is 0 Å². The van der Waals surface area contributed by atoms with Gasteiger partial charge in [0, 0.05) is 36.3 Å². The monoisotopic (exact) mass is 324 g/mol. The predicted octanol–water partition coefficient (Wildman–Crippen LogP) is 2.16. The van der Waals surface area contributed by atoms with Crippen molar-refractivity contribution in [1.82, 2.24) is 14.4 Å². The van der Waals surface area contributed by atoms with Gasteiger partial charge in [-0.25, -0.2) is 4.98 Å². The Labute approximate surface area is 137 Å². The van der Waals surface area contributed by atoms with Gasteiger partial charge in [-0.2, -0.15) is 0 Å². The molecule has 3 heterocycles. The van der Waals surface area contributed by atoms with E-state index < -0.39 is 5.91 Å². The Morgan fingerprint density at radius 1 is 1.42 bits per heavy atom. The number of aromatic amines is 1. The lowest BCUT2D eigenvalue weighted by molar-refractivity contribution is 0.102. The number of methoxy groups -OCH3 is 1. The van der Waals surface area contributed by atoms with E-state index in [0.717, 1.165) is 18.5 Å². The number of nitrogens with one attached hydrogen (secondary N) is 2. The number of H-pyrrole nitrogens is 1. The predicted molar refractivity (Wildman–Crippen MR) is 88.7 cm³/mol. The standard InChI is InChI=1S/C17H16N4O3/c1-24-17-12(3-2-6-18-17)20-16(23)11-8-21-9-13(10-4-5-10)19-15(21)7-14(11)22/h2-3,6-10,19H,4-5H2,1H3,(H,20,23). The van der Waals surface area contributed by atoms with Crippen LogP contribution >= 0.6 is 0 Å². The molecule has 0 aromatic carbocycles. The van der Waals surface area contributed by atoms with E-state index in [2.05, 4.69) is 15.3 Å². The van der Waals surface area contributed by atoms with Crippen molar-refractivity contribution in [3.05, 3.63) is 58.3 Å². The fraction of sp³-hybridized carbons (Fsp3) is 0.235. The Morgan fingerprint density at radius 3 is 3.00 bits per heavy atom. The number of carbonyl (C=O) groups excluding carboxylic acids is 1. The fourth-order valence-electron chi connectivity index (χ4n) is 2.70. The van der Waals surface area contributed by atoms with Crippen LogP contribution < -0.4 is 15.5 Å². The van der Waals surface area contributed by atoms with E-state index in [1.54, 1.807) is 28.9 Å². The van der Waals surface area contributed by atoms with Crippen LogP contribution in [0.5, 0.6) is 5.88 Å². The summed E-state index contributed by atoms with van der Waals surface area (Å²) in [6, 6.07) is 4.80. The topological polar surface area (TPSA) is 88.5 Å². The van der Waals surface area contributed by atoms with Gasteiger partial charge in [0.25, 0.3) is 5.91 Å². The molecule has 0 saturated heterocycles. The number of ether oxygens (including phenoxy) is 1. The molecule has 122 valence electrons. The van der Waals surface area contributed by atoms with Gasteiger partial charge < -0.3 is 19.4 Å². The van der Waals surface area contributed by atoms with Crippen molar-refractivity contribution < 1.29 is 9.53 Å². The summed E-state index contributed by atoms with van der Waals surface area (Å²) in [4.78, 5) is 32.0. The van der Waals surface area contributed by atoms with Crippen molar-refractivity contribution in [3.8, 4) is 5.88 Å². The number of pyridine rings is 2. The molecule has 7 heteroatoms. The molecule has 7 nitrogen and oxygen atoms in total. The maximum absolute atomic E-state index is 12.5. The number of imidazole rings is 1. The molecule has 3 aromatic heterocycles. The van der Waals surface area contributed by atoms with Crippen LogP contribution in [0.25, 0.3) is 5.65 Å². The van der Waals surface area contributed by atoms with Crippen molar-refractivity contribution in [2.45, 2.75) is 18.8 Å². The molecule has 4 rings (SSSR count). The van der Waals surface area contributed by atoms with Gasteiger partial charge >= 0.3 is 0 Å². The first kappa shape index (κ1) is 14.5. The summed E-state index contributed by atoms with van der Waals surface area (Å²) < 4.78 is 6.89. The second-order valence-corrected chi connectivity index (χ2v) is 5.84. The Bertz CT molecular complexity index is 985. The number of aromatic nitrogens is 3. The summed E-state index contributed by atoms with van der Waals surface area (Å²) in [7, 11) is 1.47. The highest BCUT2D eigenvalue weighted by Crippen LogP contribution is 2.39. The highest BCUT2D eigenvalue weighted by Gasteiger charge is 2.25. The lowest BCUT2D eigenvalue weighted by Gasteiger charge is -2.08. The van der Waals surface area contributed by atoms with Crippen LogP contribution in [0.4, 0.5) is 5.69 Å². The quantitative estimate of drug-likeness (QED) is 0.770. The largest absolute Gasteiger partial charge is 0.480 e. The zero-order valence-electron chi connectivity index (χ0n) is 13.1. The van der Waals surface area contributed by atoms with E-state index in [-0.39, 0.29) is 11.0 Å². The van der Waals surface area contributed by atoms with Gasteiger partial charge in [0.15, 0.2) is 5.43 Å². The van der Waals surface area contributed by atoms with E-state index >= 15 is 0 Å². The molecular formula is C17H16N4O3. The highest BCUT2D eigenvalue weighted by molar-refractivity contribution is 6.04. The van der Waals surface area contributed by atoms with Gasteiger partial charge in [-0.15, -0.1) is 0 Å². The normalized spacial score (nSPS) is 13.9. The van der Waals surface area contributed by atoms with Crippen LogP contribution in [0.15, 0.2) is 41.6 Å². The summed E-state index contributed by atoms with van der Waals surface area (Å²) in [5.41, 5.74) is 1.94. The molecule has 1 amide bonds. The Hall–Kier alpha value is -3.09. The van der Waals surface area contributed by atoms with Crippen LogP contribution in [0, 0.1) is 0 Å². The molecule has 24 heavy (non-hydrogen) atoms. The highest BCUT2D eigenvalue weighted by atomic mass is 16.5. The third-order valence-electron chi connectivity index (χ3n) is 4.10. The second kappa shape index (κ2) is 5.52. The Balaban J connectivity index is 1.68. The van der Waals surface area contributed by atoms with Gasteiger partial charge in [0.05, 0.1) is 7.11 Å². The zero-order valence-corrected chi connectivity index (χ0v) is 13.1. The number of hydrogen-bond acceptors (Lipinski definition) is 4. The lowest BCUT2D eigenvalue weighted by Crippen LogP contribution is -2.22. The third kappa shape index (κ3) is 2.54.